The first-order chi connectivity index (χ1) is 12.7. The highest BCUT2D eigenvalue weighted by Crippen LogP contribution is 2.31. The highest BCUT2D eigenvalue weighted by atomic mass is 79.9. The molecular formula is C16H18BrClF2N6O. The lowest BCUT2D eigenvalue weighted by Gasteiger charge is -2.09. The third kappa shape index (κ3) is 3.77. The maximum atomic E-state index is 13.0. The number of nitrogens with zero attached hydrogens (tertiary/aromatic N) is 6. The van der Waals surface area contributed by atoms with E-state index in [-0.39, 0.29) is 10.2 Å². The molecule has 0 N–H and O–H groups in total. The number of hydrogen-bond acceptors (Lipinski definition) is 5. The van der Waals surface area contributed by atoms with E-state index in [4.69, 9.17) is 16.0 Å². The summed E-state index contributed by atoms with van der Waals surface area (Å²) in [7, 11) is 0. The average molecular weight is 464 g/mol. The Kier molecular flexibility index (Phi) is 5.66. The van der Waals surface area contributed by atoms with Crippen LogP contribution in [0.5, 0.6) is 0 Å². The van der Waals surface area contributed by atoms with Gasteiger partial charge in [0, 0.05) is 13.0 Å². The maximum Gasteiger partial charge on any atom is 0.283 e. The number of halogens is 4. The van der Waals surface area contributed by atoms with Gasteiger partial charge in [-0.1, -0.05) is 11.6 Å². The summed E-state index contributed by atoms with van der Waals surface area (Å²) in [6.07, 6.45) is -2.19. The predicted octanol–water partition coefficient (Wildman–Crippen LogP) is 4.59. The van der Waals surface area contributed by atoms with Gasteiger partial charge >= 0.3 is 0 Å². The number of aryl methyl sites for hydroxylation is 3. The van der Waals surface area contributed by atoms with E-state index in [1.165, 1.54) is 4.68 Å². The van der Waals surface area contributed by atoms with E-state index in [2.05, 4.69) is 36.3 Å². The third-order valence-corrected chi connectivity index (χ3v) is 5.87. The summed E-state index contributed by atoms with van der Waals surface area (Å²) in [6.45, 7) is 7.74. The minimum absolute atomic E-state index is 0.283. The van der Waals surface area contributed by atoms with Gasteiger partial charge < -0.3 is 4.42 Å². The largest absolute Gasteiger partial charge is 0.423 e. The Balaban J connectivity index is 1.75. The Labute approximate surface area is 167 Å². The standard InChI is InChI=1S/C16H18BrClF2N6O/c1-7-13(18)9(3)25(23-7)6-5-11-21-22-16(27-11)10(4)26-8(2)12(17)14(24-26)15(19)20/h10,15H,5-6H2,1-4H3/t10-/m0/s1. The van der Waals surface area contributed by atoms with E-state index < -0.39 is 12.5 Å². The molecule has 3 rings (SSSR count). The van der Waals surface area contributed by atoms with Crippen molar-refractivity contribution in [3.8, 4) is 0 Å². The molecule has 11 heteroatoms. The normalized spacial score (nSPS) is 12.9. The maximum absolute atomic E-state index is 13.0. The highest BCUT2D eigenvalue weighted by molar-refractivity contribution is 9.10. The van der Waals surface area contributed by atoms with Crippen LogP contribution in [0, 0.1) is 20.8 Å². The summed E-state index contributed by atoms with van der Waals surface area (Å²) in [6, 6.07) is -0.474. The molecule has 3 aromatic heterocycles. The van der Waals surface area contributed by atoms with Gasteiger partial charge in [0.05, 0.1) is 26.6 Å². The van der Waals surface area contributed by atoms with Crippen molar-refractivity contribution in [1.82, 2.24) is 29.8 Å². The Morgan fingerprint density at radius 3 is 2.41 bits per heavy atom. The highest BCUT2D eigenvalue weighted by Gasteiger charge is 2.25. The van der Waals surface area contributed by atoms with Crippen LogP contribution in [0.2, 0.25) is 5.02 Å². The lowest BCUT2D eigenvalue weighted by molar-refractivity contribution is 0.144. The Morgan fingerprint density at radius 2 is 1.85 bits per heavy atom. The fourth-order valence-electron chi connectivity index (χ4n) is 2.77. The monoisotopic (exact) mass is 462 g/mol. The average Bonchev–Trinajstić information content (AvgIpc) is 3.28. The molecule has 0 aliphatic rings. The second kappa shape index (κ2) is 7.67. The second-order valence-corrected chi connectivity index (χ2v) is 7.37. The van der Waals surface area contributed by atoms with Crippen LogP contribution >= 0.6 is 27.5 Å². The van der Waals surface area contributed by atoms with Gasteiger partial charge in [-0.05, 0) is 43.6 Å². The molecule has 146 valence electrons. The van der Waals surface area contributed by atoms with E-state index in [9.17, 15) is 8.78 Å². The molecule has 0 spiro atoms. The van der Waals surface area contributed by atoms with Crippen LogP contribution in [0.25, 0.3) is 0 Å². The number of alkyl halides is 2. The summed E-state index contributed by atoms with van der Waals surface area (Å²) in [5.74, 6) is 0.730. The van der Waals surface area contributed by atoms with Crippen molar-refractivity contribution in [2.24, 2.45) is 0 Å². The lowest BCUT2D eigenvalue weighted by Crippen LogP contribution is -2.11. The van der Waals surface area contributed by atoms with Gasteiger partial charge in [-0.15, -0.1) is 10.2 Å². The zero-order chi connectivity index (χ0) is 19.9. The van der Waals surface area contributed by atoms with E-state index in [0.29, 0.717) is 35.5 Å². The van der Waals surface area contributed by atoms with E-state index in [1.54, 1.807) is 18.5 Å². The Bertz CT molecular complexity index is 967. The first-order valence-corrected chi connectivity index (χ1v) is 9.42. The molecule has 0 bridgehead atoms. The minimum atomic E-state index is -2.67. The summed E-state index contributed by atoms with van der Waals surface area (Å²) >= 11 is 9.31. The van der Waals surface area contributed by atoms with Crippen LogP contribution in [-0.4, -0.2) is 29.8 Å². The molecule has 0 amide bonds. The van der Waals surface area contributed by atoms with Gasteiger partial charge in [-0.25, -0.2) is 8.78 Å². The second-order valence-electron chi connectivity index (χ2n) is 6.20. The van der Waals surface area contributed by atoms with Crippen LogP contribution in [0.4, 0.5) is 8.78 Å². The molecular weight excluding hydrogens is 446 g/mol. The summed E-state index contributed by atoms with van der Waals surface area (Å²) in [5.41, 5.74) is 1.90. The number of rotatable bonds is 6. The van der Waals surface area contributed by atoms with Gasteiger partial charge in [0.1, 0.15) is 11.7 Å². The fraction of sp³-hybridized carbons (Fsp3) is 0.500. The molecule has 0 unspecified atom stereocenters. The third-order valence-electron chi connectivity index (χ3n) is 4.35. The van der Waals surface area contributed by atoms with Gasteiger partial charge in [-0.3, -0.25) is 9.36 Å². The van der Waals surface area contributed by atoms with Crippen LogP contribution in [0.1, 0.15) is 53.9 Å². The smallest absolute Gasteiger partial charge is 0.283 e. The predicted molar refractivity (Wildman–Crippen MR) is 98.1 cm³/mol. The fourth-order valence-corrected chi connectivity index (χ4v) is 3.34. The molecule has 0 aromatic carbocycles. The zero-order valence-electron chi connectivity index (χ0n) is 15.2. The molecule has 27 heavy (non-hydrogen) atoms. The summed E-state index contributed by atoms with van der Waals surface area (Å²) in [5, 5.41) is 17.1. The molecule has 1 atom stereocenters. The van der Waals surface area contributed by atoms with Crippen molar-refractivity contribution in [3.63, 3.8) is 0 Å². The Hall–Kier alpha value is -1.81. The van der Waals surface area contributed by atoms with Crippen molar-refractivity contribution >= 4 is 27.5 Å². The first-order valence-electron chi connectivity index (χ1n) is 8.25. The molecule has 0 aliphatic heterocycles. The van der Waals surface area contributed by atoms with Crippen molar-refractivity contribution in [1.29, 1.82) is 0 Å². The molecule has 0 aliphatic carbocycles. The SMILES string of the molecule is Cc1nn(CCc2nnc([C@H](C)n3nc(C(F)F)c(Br)c3C)o2)c(C)c1Cl. The van der Waals surface area contributed by atoms with Crippen molar-refractivity contribution < 1.29 is 13.2 Å². The quantitative estimate of drug-likeness (QED) is 0.534. The Morgan fingerprint density at radius 1 is 1.15 bits per heavy atom. The van der Waals surface area contributed by atoms with Gasteiger partial charge in [0.15, 0.2) is 0 Å². The van der Waals surface area contributed by atoms with E-state index >= 15 is 0 Å². The molecule has 0 saturated heterocycles. The van der Waals surface area contributed by atoms with Crippen molar-refractivity contribution in [2.75, 3.05) is 0 Å². The van der Waals surface area contributed by atoms with Gasteiger partial charge in [0.25, 0.3) is 6.43 Å². The van der Waals surface area contributed by atoms with Crippen LogP contribution in [0.3, 0.4) is 0 Å². The van der Waals surface area contributed by atoms with Crippen LogP contribution in [-0.2, 0) is 13.0 Å². The number of hydrogen-bond donors (Lipinski definition) is 0. The molecule has 7 nitrogen and oxygen atoms in total. The van der Waals surface area contributed by atoms with E-state index in [0.717, 1.165) is 11.4 Å². The van der Waals surface area contributed by atoms with Crippen LogP contribution in [0.15, 0.2) is 8.89 Å². The topological polar surface area (TPSA) is 74.6 Å². The summed E-state index contributed by atoms with van der Waals surface area (Å²) in [4.78, 5) is 0. The van der Waals surface area contributed by atoms with Crippen molar-refractivity contribution in [2.45, 2.75) is 53.1 Å². The zero-order valence-corrected chi connectivity index (χ0v) is 17.5. The van der Waals surface area contributed by atoms with Gasteiger partial charge in [-0.2, -0.15) is 10.2 Å². The molecule has 0 radical (unpaired) electrons. The first kappa shape index (κ1) is 19.9. The van der Waals surface area contributed by atoms with Gasteiger partial charge in [0.2, 0.25) is 11.8 Å². The molecule has 0 fully saturated rings. The lowest BCUT2D eigenvalue weighted by atomic mass is 10.3. The van der Waals surface area contributed by atoms with Crippen LogP contribution < -0.4 is 0 Å². The molecule has 3 aromatic rings. The van der Waals surface area contributed by atoms with Crippen molar-refractivity contribution in [3.05, 3.63) is 44.1 Å². The minimum Gasteiger partial charge on any atom is -0.423 e. The van der Waals surface area contributed by atoms with E-state index in [1.807, 2.05) is 13.8 Å². The summed E-state index contributed by atoms with van der Waals surface area (Å²) < 4.78 is 35.3. The molecule has 0 saturated carbocycles. The number of aromatic nitrogens is 6. The molecule has 3 heterocycles.